The third kappa shape index (κ3) is 3.14. The first-order valence-corrected chi connectivity index (χ1v) is 6.05. The summed E-state index contributed by atoms with van der Waals surface area (Å²) in [5.74, 6) is 0.533. The maximum absolute atomic E-state index is 9.07. The van der Waals surface area contributed by atoms with Crippen LogP contribution in [0.15, 0.2) is 12.1 Å². The fourth-order valence-electron chi connectivity index (χ4n) is 2.02. The van der Waals surface area contributed by atoms with Gasteiger partial charge in [0.05, 0.1) is 19.4 Å². The minimum atomic E-state index is 0.195. The molecular weight excluding hydrogens is 218 g/mol. The van der Waals surface area contributed by atoms with E-state index in [-0.39, 0.29) is 6.61 Å². The summed E-state index contributed by atoms with van der Waals surface area (Å²) in [6.45, 7) is 1.65. The molecule has 0 aromatic carbocycles. The molecular formula is C12H19N3O2. The maximum atomic E-state index is 9.07. The summed E-state index contributed by atoms with van der Waals surface area (Å²) < 4.78 is 4.97. The van der Waals surface area contributed by atoms with Crippen molar-refractivity contribution in [1.29, 1.82) is 0 Å². The summed E-state index contributed by atoms with van der Waals surface area (Å²) in [7, 11) is 1.58. The van der Waals surface area contributed by atoms with Crippen molar-refractivity contribution < 1.29 is 9.84 Å². The van der Waals surface area contributed by atoms with Gasteiger partial charge in [0.2, 0.25) is 5.88 Å². The molecule has 1 aromatic heterocycles. The fraction of sp³-hybridized carbons (Fsp3) is 0.667. The van der Waals surface area contributed by atoms with E-state index in [2.05, 4.69) is 15.1 Å². The van der Waals surface area contributed by atoms with E-state index in [1.807, 2.05) is 12.1 Å². The van der Waals surface area contributed by atoms with Crippen LogP contribution in [0.1, 0.15) is 25.0 Å². The molecule has 94 valence electrons. The molecule has 0 bridgehead atoms. The quantitative estimate of drug-likeness (QED) is 0.794. The molecule has 1 saturated carbocycles. The highest BCUT2D eigenvalue weighted by atomic mass is 16.5. The summed E-state index contributed by atoms with van der Waals surface area (Å²) in [4.78, 5) is 2.28. The zero-order valence-corrected chi connectivity index (χ0v) is 10.2. The van der Waals surface area contributed by atoms with Crippen molar-refractivity contribution in [2.45, 2.75) is 31.8 Å². The largest absolute Gasteiger partial charge is 0.480 e. The zero-order chi connectivity index (χ0) is 12.1. The topological polar surface area (TPSA) is 58.5 Å². The molecule has 0 aliphatic heterocycles. The Morgan fingerprint density at radius 3 is 2.71 bits per heavy atom. The molecule has 1 aromatic rings. The highest BCUT2D eigenvalue weighted by molar-refractivity contribution is 5.11. The van der Waals surface area contributed by atoms with Gasteiger partial charge in [-0.3, -0.25) is 4.90 Å². The minimum Gasteiger partial charge on any atom is -0.480 e. The lowest BCUT2D eigenvalue weighted by molar-refractivity contribution is 0.0930. The zero-order valence-electron chi connectivity index (χ0n) is 10.2. The van der Waals surface area contributed by atoms with Crippen molar-refractivity contribution in [3.05, 3.63) is 17.8 Å². The molecule has 0 unspecified atom stereocenters. The van der Waals surface area contributed by atoms with Crippen molar-refractivity contribution in [3.8, 4) is 5.88 Å². The molecule has 1 aliphatic carbocycles. The molecule has 0 saturated heterocycles. The number of rotatable bonds is 6. The Kier molecular flexibility index (Phi) is 4.28. The summed E-state index contributed by atoms with van der Waals surface area (Å²) in [5, 5.41) is 17.1. The van der Waals surface area contributed by atoms with Crippen LogP contribution in [0, 0.1) is 0 Å². The maximum Gasteiger partial charge on any atom is 0.233 e. The van der Waals surface area contributed by atoms with Gasteiger partial charge in [0.15, 0.2) is 0 Å². The van der Waals surface area contributed by atoms with Crippen LogP contribution in [0.3, 0.4) is 0 Å². The van der Waals surface area contributed by atoms with Gasteiger partial charge < -0.3 is 9.84 Å². The Hall–Kier alpha value is -1.20. The lowest BCUT2D eigenvalue weighted by atomic mass is 9.91. The van der Waals surface area contributed by atoms with Crippen LogP contribution < -0.4 is 4.74 Å². The van der Waals surface area contributed by atoms with E-state index in [4.69, 9.17) is 9.84 Å². The highest BCUT2D eigenvalue weighted by Crippen LogP contribution is 2.25. The summed E-state index contributed by atoms with van der Waals surface area (Å²) in [6, 6.07) is 4.35. The molecule has 0 atom stereocenters. The van der Waals surface area contributed by atoms with E-state index in [1.165, 1.54) is 19.3 Å². The summed E-state index contributed by atoms with van der Waals surface area (Å²) in [6.07, 6.45) is 3.74. The molecule has 1 fully saturated rings. The average Bonchev–Trinajstić information content (AvgIpc) is 2.28. The Morgan fingerprint density at radius 2 is 2.24 bits per heavy atom. The van der Waals surface area contributed by atoms with Crippen molar-refractivity contribution >= 4 is 0 Å². The molecule has 5 heteroatoms. The molecule has 17 heavy (non-hydrogen) atoms. The van der Waals surface area contributed by atoms with Gasteiger partial charge >= 0.3 is 0 Å². The smallest absolute Gasteiger partial charge is 0.233 e. The van der Waals surface area contributed by atoms with Crippen LogP contribution in [0.5, 0.6) is 5.88 Å². The number of hydrogen-bond donors (Lipinski definition) is 1. The first kappa shape index (κ1) is 12.3. The Labute approximate surface area is 101 Å². The third-order valence-corrected chi connectivity index (χ3v) is 3.25. The third-order valence-electron chi connectivity index (χ3n) is 3.25. The second kappa shape index (κ2) is 5.93. The van der Waals surface area contributed by atoms with Gasteiger partial charge in [-0.1, -0.05) is 6.42 Å². The van der Waals surface area contributed by atoms with Gasteiger partial charge in [0.1, 0.15) is 0 Å². The fourth-order valence-corrected chi connectivity index (χ4v) is 2.02. The first-order chi connectivity index (χ1) is 8.33. The normalized spacial score (nSPS) is 15.9. The number of nitrogens with zero attached hydrogens (tertiary/aromatic N) is 3. The second-order valence-electron chi connectivity index (χ2n) is 4.35. The van der Waals surface area contributed by atoms with Gasteiger partial charge in [-0.05, 0) is 18.9 Å². The first-order valence-electron chi connectivity index (χ1n) is 6.05. The molecule has 0 radical (unpaired) electrons. The summed E-state index contributed by atoms with van der Waals surface area (Å²) >= 11 is 0. The van der Waals surface area contributed by atoms with Crippen molar-refractivity contribution in [2.75, 3.05) is 20.3 Å². The predicted octanol–water partition coefficient (Wildman–Crippen LogP) is 0.832. The van der Waals surface area contributed by atoms with Crippen LogP contribution in [-0.4, -0.2) is 46.5 Å². The standard InChI is InChI=1S/C12H19N3O2/c1-17-12-6-5-10(13-14-12)9-15(7-8-16)11-3-2-4-11/h5-6,11,16H,2-4,7-9H2,1H3. The Morgan fingerprint density at radius 1 is 1.41 bits per heavy atom. The highest BCUT2D eigenvalue weighted by Gasteiger charge is 2.24. The molecule has 1 aliphatic rings. The Balaban J connectivity index is 1.95. The number of ether oxygens (including phenoxy) is 1. The van der Waals surface area contributed by atoms with Crippen LogP contribution in [0.25, 0.3) is 0 Å². The Bertz CT molecular complexity index is 338. The molecule has 0 spiro atoms. The van der Waals surface area contributed by atoms with Gasteiger partial charge in [0, 0.05) is 25.2 Å². The van der Waals surface area contributed by atoms with Gasteiger partial charge in [0.25, 0.3) is 0 Å². The minimum absolute atomic E-state index is 0.195. The molecule has 5 nitrogen and oxygen atoms in total. The number of aliphatic hydroxyl groups excluding tert-OH is 1. The average molecular weight is 237 g/mol. The van der Waals surface area contributed by atoms with Crippen molar-refractivity contribution in [1.82, 2.24) is 15.1 Å². The number of methoxy groups -OCH3 is 1. The summed E-state index contributed by atoms with van der Waals surface area (Å²) in [5.41, 5.74) is 0.922. The number of hydrogen-bond acceptors (Lipinski definition) is 5. The molecule has 0 amide bonds. The van der Waals surface area contributed by atoms with Crippen LogP contribution >= 0.6 is 0 Å². The van der Waals surface area contributed by atoms with Crippen LogP contribution in [0.2, 0.25) is 0 Å². The SMILES string of the molecule is COc1ccc(CN(CCO)C2CCC2)nn1. The van der Waals surface area contributed by atoms with Crippen molar-refractivity contribution in [2.24, 2.45) is 0 Å². The predicted molar refractivity (Wildman–Crippen MR) is 63.7 cm³/mol. The van der Waals surface area contributed by atoms with Crippen molar-refractivity contribution in [3.63, 3.8) is 0 Å². The van der Waals surface area contributed by atoms with Gasteiger partial charge in [-0.2, -0.15) is 5.10 Å². The van der Waals surface area contributed by atoms with E-state index in [0.717, 1.165) is 12.2 Å². The van der Waals surface area contributed by atoms with E-state index < -0.39 is 0 Å². The number of aliphatic hydroxyl groups is 1. The molecule has 1 heterocycles. The lowest BCUT2D eigenvalue weighted by Crippen LogP contribution is -2.41. The van der Waals surface area contributed by atoms with Gasteiger partial charge in [-0.25, -0.2) is 0 Å². The van der Waals surface area contributed by atoms with Gasteiger partial charge in [-0.15, -0.1) is 5.10 Å². The van der Waals surface area contributed by atoms with Crippen LogP contribution in [0.4, 0.5) is 0 Å². The lowest BCUT2D eigenvalue weighted by Gasteiger charge is -2.36. The van der Waals surface area contributed by atoms with Crippen LogP contribution in [-0.2, 0) is 6.54 Å². The molecule has 1 N–H and O–H groups in total. The van der Waals surface area contributed by atoms with E-state index >= 15 is 0 Å². The number of aromatic nitrogens is 2. The second-order valence-corrected chi connectivity index (χ2v) is 4.35. The monoisotopic (exact) mass is 237 g/mol. The van der Waals surface area contributed by atoms with E-state index in [0.29, 0.717) is 18.5 Å². The molecule has 2 rings (SSSR count). The van der Waals surface area contributed by atoms with E-state index in [9.17, 15) is 0 Å². The van der Waals surface area contributed by atoms with E-state index in [1.54, 1.807) is 7.11 Å².